The number of ether oxygens (including phenoxy) is 1. The van der Waals surface area contributed by atoms with Crippen LogP contribution in [0.2, 0.25) is 0 Å². The van der Waals surface area contributed by atoms with E-state index in [2.05, 4.69) is 10.3 Å². The molecule has 1 amide bonds. The maximum absolute atomic E-state index is 13.1. The van der Waals surface area contributed by atoms with Crippen LogP contribution in [0, 0.1) is 0 Å². The van der Waals surface area contributed by atoms with Gasteiger partial charge >= 0.3 is 5.97 Å². The van der Waals surface area contributed by atoms with Gasteiger partial charge in [-0.25, -0.2) is 18.2 Å². The van der Waals surface area contributed by atoms with Crippen LogP contribution in [0.1, 0.15) is 23.7 Å². The number of carbonyl (C=O) groups excluding carboxylic acids is 2. The molecule has 0 radical (unpaired) electrons. The Balaban J connectivity index is 1.36. The predicted molar refractivity (Wildman–Crippen MR) is 126 cm³/mol. The van der Waals surface area contributed by atoms with E-state index >= 15 is 0 Å². The van der Waals surface area contributed by atoms with E-state index in [1.54, 1.807) is 23.6 Å². The molecule has 1 aliphatic rings. The molecule has 4 rings (SSSR count). The second-order valence-electron chi connectivity index (χ2n) is 7.29. The number of esters is 1. The molecule has 0 saturated carbocycles. The fraction of sp³-hybridized carbons (Fsp3) is 0.174. The van der Waals surface area contributed by atoms with E-state index in [1.165, 1.54) is 40.8 Å². The third-order valence-electron chi connectivity index (χ3n) is 4.92. The maximum atomic E-state index is 13.1. The lowest BCUT2D eigenvalue weighted by Gasteiger charge is -2.19. The lowest BCUT2D eigenvalue weighted by atomic mass is 10.2. The maximum Gasteiger partial charge on any atom is 0.331 e. The number of hydrogen-bond donors (Lipinski definition) is 1. The third kappa shape index (κ3) is 5.29. The number of para-hydroxylation sites is 1. The van der Waals surface area contributed by atoms with Crippen LogP contribution >= 0.6 is 11.3 Å². The summed E-state index contributed by atoms with van der Waals surface area (Å²) >= 11 is 1.24. The molecule has 0 atom stereocenters. The van der Waals surface area contributed by atoms with Crippen LogP contribution in [0.15, 0.2) is 64.9 Å². The summed E-state index contributed by atoms with van der Waals surface area (Å²) in [6.07, 6.45) is 3.50. The summed E-state index contributed by atoms with van der Waals surface area (Å²) in [6.45, 7) is 1.79. The molecule has 0 unspecified atom stereocenters. The van der Waals surface area contributed by atoms with Crippen molar-refractivity contribution < 1.29 is 22.7 Å². The first-order valence-corrected chi connectivity index (χ1v) is 12.4. The van der Waals surface area contributed by atoms with Gasteiger partial charge < -0.3 is 10.1 Å². The number of anilines is 2. The van der Waals surface area contributed by atoms with Gasteiger partial charge in [-0.15, -0.1) is 11.3 Å². The van der Waals surface area contributed by atoms with E-state index in [0.717, 1.165) is 5.56 Å². The van der Waals surface area contributed by atoms with E-state index in [0.29, 0.717) is 35.0 Å². The van der Waals surface area contributed by atoms with Gasteiger partial charge in [0.05, 0.1) is 16.3 Å². The molecule has 8 nitrogen and oxygen atoms in total. The number of nitrogens with one attached hydrogen (secondary N) is 1. The average Bonchev–Trinajstić information content (AvgIpc) is 3.43. The van der Waals surface area contributed by atoms with E-state index in [9.17, 15) is 18.0 Å². The number of hydrogen-bond acceptors (Lipinski definition) is 7. The lowest BCUT2D eigenvalue weighted by Crippen LogP contribution is -2.29. The summed E-state index contributed by atoms with van der Waals surface area (Å²) in [5.41, 5.74) is 2.93. The number of fused-ring (bicyclic) bond motifs is 1. The van der Waals surface area contributed by atoms with Crippen LogP contribution in [-0.2, 0) is 37.4 Å². The molecule has 0 fully saturated rings. The van der Waals surface area contributed by atoms with Crippen LogP contribution < -0.4 is 9.62 Å². The largest absolute Gasteiger partial charge is 0.456 e. The highest BCUT2D eigenvalue weighted by molar-refractivity contribution is 7.92. The summed E-state index contributed by atoms with van der Waals surface area (Å²) in [6, 6.07) is 13.8. The summed E-state index contributed by atoms with van der Waals surface area (Å²) in [7, 11) is -3.66. The Kier molecular flexibility index (Phi) is 6.57. The molecule has 2 aromatic carbocycles. The first-order chi connectivity index (χ1) is 15.8. The summed E-state index contributed by atoms with van der Waals surface area (Å²) in [4.78, 5) is 27.3. The Bertz CT molecular complexity index is 1310. The topological polar surface area (TPSA) is 106 Å². The predicted octanol–water partition coefficient (Wildman–Crippen LogP) is 3.61. The van der Waals surface area contributed by atoms with Gasteiger partial charge in [0.15, 0.2) is 5.13 Å². The second kappa shape index (κ2) is 9.55. The summed E-state index contributed by atoms with van der Waals surface area (Å²) in [5.74, 6) is -0.783. The molecule has 10 heteroatoms. The Morgan fingerprint density at radius 2 is 1.94 bits per heavy atom. The molecule has 1 aromatic heterocycles. The highest BCUT2D eigenvalue weighted by atomic mass is 32.2. The van der Waals surface area contributed by atoms with Gasteiger partial charge in [-0.3, -0.25) is 9.10 Å². The van der Waals surface area contributed by atoms with Crippen molar-refractivity contribution in [3.05, 3.63) is 76.8 Å². The summed E-state index contributed by atoms with van der Waals surface area (Å²) < 4.78 is 32.7. The van der Waals surface area contributed by atoms with Crippen molar-refractivity contribution in [2.24, 2.45) is 0 Å². The first-order valence-electron chi connectivity index (χ1n) is 10.1. The van der Waals surface area contributed by atoms with E-state index in [4.69, 9.17) is 4.74 Å². The second-order valence-corrected chi connectivity index (χ2v) is 10.0. The van der Waals surface area contributed by atoms with Gasteiger partial charge in [0.25, 0.3) is 10.0 Å². The van der Waals surface area contributed by atoms with E-state index in [1.807, 2.05) is 24.3 Å². The number of thiazole rings is 1. The molecule has 0 aliphatic carbocycles. The highest BCUT2D eigenvalue weighted by Crippen LogP contribution is 2.32. The minimum absolute atomic E-state index is 0.0201. The smallest absolute Gasteiger partial charge is 0.331 e. The zero-order valence-electron chi connectivity index (χ0n) is 17.7. The Morgan fingerprint density at radius 1 is 1.18 bits per heavy atom. The highest BCUT2D eigenvalue weighted by Gasteiger charge is 2.30. The van der Waals surface area contributed by atoms with Gasteiger partial charge in [0.1, 0.15) is 6.61 Å². The van der Waals surface area contributed by atoms with E-state index in [-0.39, 0.29) is 17.4 Å². The molecule has 170 valence electrons. The Morgan fingerprint density at radius 3 is 2.70 bits per heavy atom. The van der Waals surface area contributed by atoms with Crippen molar-refractivity contribution in [3.63, 3.8) is 0 Å². The molecule has 33 heavy (non-hydrogen) atoms. The quantitative estimate of drug-likeness (QED) is 0.407. The monoisotopic (exact) mass is 483 g/mol. The number of nitrogens with zero attached hydrogens (tertiary/aromatic N) is 2. The molecule has 1 aliphatic heterocycles. The molecule has 1 N–H and O–H groups in total. The number of benzene rings is 2. The standard InChI is InChI=1S/C23H21N3O5S2/c1-16(27)24-23-25-19(15-32-23)14-31-22(28)11-8-17-6-9-20(10-7-17)33(29,30)26-13-12-18-4-2-3-5-21(18)26/h2-11,15H,12-14H2,1H3,(H,24,25,27)/b11-8+. The number of aromatic nitrogens is 1. The molecule has 3 aromatic rings. The molecular weight excluding hydrogens is 462 g/mol. The van der Waals surface area contributed by atoms with Gasteiger partial charge in [0, 0.05) is 24.9 Å². The minimum atomic E-state index is -3.66. The molecular formula is C23H21N3O5S2. The van der Waals surface area contributed by atoms with Crippen LogP contribution in [0.3, 0.4) is 0 Å². The summed E-state index contributed by atoms with van der Waals surface area (Å²) in [5, 5.41) is 4.70. The fourth-order valence-electron chi connectivity index (χ4n) is 3.37. The molecule has 0 spiro atoms. The Labute approximate surface area is 195 Å². The van der Waals surface area contributed by atoms with Crippen LogP contribution in [0.4, 0.5) is 10.8 Å². The SMILES string of the molecule is CC(=O)Nc1nc(COC(=O)/C=C/c2ccc(S(=O)(=O)N3CCc4ccccc43)cc2)cs1. The molecule has 2 heterocycles. The van der Waals surface area contributed by atoms with Crippen LogP contribution in [0.25, 0.3) is 6.08 Å². The molecule has 0 saturated heterocycles. The first kappa shape index (κ1) is 22.7. The zero-order valence-corrected chi connectivity index (χ0v) is 19.4. The lowest BCUT2D eigenvalue weighted by molar-refractivity contribution is -0.139. The van der Waals surface area contributed by atoms with Gasteiger partial charge in [-0.2, -0.15) is 0 Å². The number of rotatable bonds is 7. The van der Waals surface area contributed by atoms with Crippen LogP contribution in [-0.4, -0.2) is 31.8 Å². The van der Waals surface area contributed by atoms with Crippen molar-refractivity contribution in [2.75, 3.05) is 16.2 Å². The van der Waals surface area contributed by atoms with Crippen molar-refractivity contribution in [1.82, 2.24) is 4.98 Å². The van der Waals surface area contributed by atoms with Crippen molar-refractivity contribution in [3.8, 4) is 0 Å². The van der Waals surface area contributed by atoms with Gasteiger partial charge in [0.2, 0.25) is 5.91 Å². The average molecular weight is 484 g/mol. The van der Waals surface area contributed by atoms with Crippen LogP contribution in [0.5, 0.6) is 0 Å². The van der Waals surface area contributed by atoms with E-state index < -0.39 is 16.0 Å². The van der Waals surface area contributed by atoms with Gasteiger partial charge in [-0.05, 0) is 41.8 Å². The number of amides is 1. The zero-order chi connectivity index (χ0) is 23.4. The van der Waals surface area contributed by atoms with Gasteiger partial charge in [-0.1, -0.05) is 30.3 Å². The normalized spacial score (nSPS) is 13.2. The molecule has 0 bridgehead atoms. The Hall–Kier alpha value is -3.50. The van der Waals surface area contributed by atoms with Crippen molar-refractivity contribution in [2.45, 2.75) is 24.8 Å². The van der Waals surface area contributed by atoms with Crippen molar-refractivity contribution >= 4 is 50.1 Å². The number of sulfonamides is 1. The van der Waals surface area contributed by atoms with Crippen molar-refractivity contribution in [1.29, 1.82) is 0 Å². The number of carbonyl (C=O) groups is 2. The minimum Gasteiger partial charge on any atom is -0.456 e. The fourth-order valence-corrected chi connectivity index (χ4v) is 5.62. The third-order valence-corrected chi connectivity index (χ3v) is 7.56.